The molecule has 0 aliphatic carbocycles. The number of hydrogen-bond acceptors (Lipinski definition) is 4. The van der Waals surface area contributed by atoms with Crippen LogP contribution in [0.1, 0.15) is 19.5 Å². The molecule has 0 saturated carbocycles. The quantitative estimate of drug-likeness (QED) is 0.714. The highest BCUT2D eigenvalue weighted by molar-refractivity contribution is 7.13. The molecule has 0 bridgehead atoms. The lowest BCUT2D eigenvalue weighted by atomic mass is 10.2. The van der Waals surface area contributed by atoms with E-state index in [1.54, 1.807) is 11.3 Å². The highest BCUT2D eigenvalue weighted by atomic mass is 35.5. The lowest BCUT2D eigenvalue weighted by Crippen LogP contribution is -2.34. The van der Waals surface area contributed by atoms with E-state index in [1.807, 2.05) is 5.38 Å². The molecule has 17 heavy (non-hydrogen) atoms. The SMILES string of the molecule is CC(C)CN(CCN(C)C)c1nc(CCl)cs1. The van der Waals surface area contributed by atoms with Crippen LogP contribution in [0.2, 0.25) is 0 Å². The van der Waals surface area contributed by atoms with Gasteiger partial charge in [-0.1, -0.05) is 13.8 Å². The van der Waals surface area contributed by atoms with Gasteiger partial charge < -0.3 is 9.80 Å². The van der Waals surface area contributed by atoms with Crippen molar-refractivity contribution in [3.05, 3.63) is 11.1 Å². The second kappa shape index (κ2) is 7.19. The highest BCUT2D eigenvalue weighted by Gasteiger charge is 2.12. The normalized spacial score (nSPS) is 11.5. The fraction of sp³-hybridized carbons (Fsp3) is 0.750. The van der Waals surface area contributed by atoms with Crippen LogP contribution in [0.15, 0.2) is 5.38 Å². The summed E-state index contributed by atoms with van der Waals surface area (Å²) in [5.74, 6) is 1.14. The molecule has 0 N–H and O–H groups in total. The van der Waals surface area contributed by atoms with Crippen LogP contribution in [0.25, 0.3) is 0 Å². The molecule has 0 aliphatic rings. The number of rotatable bonds is 7. The predicted octanol–water partition coefficient (Wildman–Crippen LogP) is 2.91. The third-order valence-corrected chi connectivity index (χ3v) is 3.57. The molecule has 3 nitrogen and oxygen atoms in total. The molecule has 0 aromatic carbocycles. The average Bonchev–Trinajstić information content (AvgIpc) is 2.71. The molecule has 1 aromatic rings. The summed E-state index contributed by atoms with van der Waals surface area (Å²) in [6, 6.07) is 0. The van der Waals surface area contributed by atoms with Gasteiger partial charge in [0.1, 0.15) is 0 Å². The second-order valence-corrected chi connectivity index (χ2v) is 6.00. The van der Waals surface area contributed by atoms with Crippen LogP contribution in [-0.2, 0) is 5.88 Å². The Morgan fingerprint density at radius 1 is 1.35 bits per heavy atom. The Labute approximate surface area is 113 Å². The Bertz CT molecular complexity index is 325. The predicted molar refractivity (Wildman–Crippen MR) is 77.3 cm³/mol. The van der Waals surface area contributed by atoms with Gasteiger partial charge >= 0.3 is 0 Å². The third kappa shape index (κ3) is 5.23. The summed E-state index contributed by atoms with van der Waals surface area (Å²) in [6.45, 7) is 7.57. The molecule has 1 heterocycles. The first kappa shape index (κ1) is 14.7. The fourth-order valence-corrected chi connectivity index (χ4v) is 2.62. The Morgan fingerprint density at radius 3 is 2.53 bits per heavy atom. The van der Waals surface area contributed by atoms with Gasteiger partial charge in [-0.2, -0.15) is 0 Å². The minimum atomic E-state index is 0.500. The van der Waals surface area contributed by atoms with Crippen LogP contribution in [0, 0.1) is 5.92 Å². The van der Waals surface area contributed by atoms with E-state index in [1.165, 1.54) is 0 Å². The van der Waals surface area contributed by atoms with Crippen molar-refractivity contribution in [2.24, 2.45) is 5.92 Å². The number of likely N-dealkylation sites (N-methyl/N-ethyl adjacent to an activating group) is 1. The zero-order valence-corrected chi connectivity index (χ0v) is 12.7. The van der Waals surface area contributed by atoms with Gasteiger partial charge in [0.2, 0.25) is 0 Å². The zero-order chi connectivity index (χ0) is 12.8. The minimum absolute atomic E-state index is 0.500. The fourth-order valence-electron chi connectivity index (χ4n) is 1.53. The van der Waals surface area contributed by atoms with Crippen LogP contribution in [-0.4, -0.2) is 43.6 Å². The topological polar surface area (TPSA) is 19.4 Å². The maximum atomic E-state index is 5.80. The average molecular weight is 276 g/mol. The number of anilines is 1. The number of halogens is 1. The second-order valence-electron chi connectivity index (χ2n) is 4.90. The van der Waals surface area contributed by atoms with Crippen molar-refractivity contribution in [3.8, 4) is 0 Å². The van der Waals surface area contributed by atoms with E-state index in [-0.39, 0.29) is 0 Å². The Hall–Kier alpha value is -0.320. The molecule has 1 rings (SSSR count). The first-order valence-electron chi connectivity index (χ1n) is 5.93. The van der Waals surface area contributed by atoms with Gasteiger partial charge in [0.15, 0.2) is 5.13 Å². The summed E-state index contributed by atoms with van der Waals surface area (Å²) in [7, 11) is 4.19. The van der Waals surface area contributed by atoms with Gasteiger partial charge in [-0.25, -0.2) is 4.98 Å². The van der Waals surface area contributed by atoms with Crippen molar-refractivity contribution in [2.45, 2.75) is 19.7 Å². The largest absolute Gasteiger partial charge is 0.347 e. The summed E-state index contributed by atoms with van der Waals surface area (Å²) in [5, 5.41) is 3.14. The number of thiazole rings is 1. The highest BCUT2D eigenvalue weighted by Crippen LogP contribution is 2.22. The van der Waals surface area contributed by atoms with Gasteiger partial charge in [0.05, 0.1) is 11.6 Å². The zero-order valence-electron chi connectivity index (χ0n) is 11.1. The van der Waals surface area contributed by atoms with Crippen LogP contribution in [0.5, 0.6) is 0 Å². The van der Waals surface area contributed by atoms with Gasteiger partial charge in [-0.3, -0.25) is 0 Å². The molecule has 0 atom stereocenters. The summed E-state index contributed by atoms with van der Waals surface area (Å²) >= 11 is 7.48. The van der Waals surface area contributed by atoms with Crippen molar-refractivity contribution in [3.63, 3.8) is 0 Å². The Morgan fingerprint density at radius 2 is 2.06 bits per heavy atom. The van der Waals surface area contributed by atoms with Gasteiger partial charge in [-0.15, -0.1) is 22.9 Å². The molecule has 0 fully saturated rings. The van der Waals surface area contributed by atoms with Crippen LogP contribution in [0.3, 0.4) is 0 Å². The summed E-state index contributed by atoms with van der Waals surface area (Å²) < 4.78 is 0. The smallest absolute Gasteiger partial charge is 0.185 e. The maximum absolute atomic E-state index is 5.80. The monoisotopic (exact) mass is 275 g/mol. The molecule has 5 heteroatoms. The van der Waals surface area contributed by atoms with Crippen molar-refractivity contribution in [1.29, 1.82) is 0 Å². The molecule has 0 unspecified atom stereocenters. The molecular formula is C12H22ClN3S. The van der Waals surface area contributed by atoms with E-state index >= 15 is 0 Å². The first-order valence-corrected chi connectivity index (χ1v) is 7.34. The lowest BCUT2D eigenvalue weighted by molar-refractivity contribution is 0.409. The Kier molecular flexibility index (Phi) is 6.23. The molecule has 0 amide bonds. The molecule has 1 aromatic heterocycles. The van der Waals surface area contributed by atoms with Gasteiger partial charge in [0.25, 0.3) is 0 Å². The number of nitrogens with zero attached hydrogens (tertiary/aromatic N) is 3. The van der Waals surface area contributed by atoms with E-state index in [2.05, 4.69) is 42.7 Å². The number of aromatic nitrogens is 1. The molecular weight excluding hydrogens is 254 g/mol. The van der Waals surface area contributed by atoms with Crippen LogP contribution < -0.4 is 4.90 Å². The van der Waals surface area contributed by atoms with E-state index < -0.39 is 0 Å². The molecule has 0 aliphatic heterocycles. The molecule has 0 radical (unpaired) electrons. The lowest BCUT2D eigenvalue weighted by Gasteiger charge is -2.25. The number of alkyl halides is 1. The van der Waals surface area contributed by atoms with Crippen molar-refractivity contribution in [1.82, 2.24) is 9.88 Å². The summed E-state index contributed by atoms with van der Waals surface area (Å²) in [6.07, 6.45) is 0. The molecule has 0 spiro atoms. The van der Waals surface area contributed by atoms with Crippen LogP contribution >= 0.6 is 22.9 Å². The van der Waals surface area contributed by atoms with E-state index in [0.717, 1.165) is 30.5 Å². The van der Waals surface area contributed by atoms with E-state index in [4.69, 9.17) is 11.6 Å². The van der Waals surface area contributed by atoms with E-state index in [9.17, 15) is 0 Å². The molecule has 0 saturated heterocycles. The van der Waals surface area contributed by atoms with Crippen molar-refractivity contribution < 1.29 is 0 Å². The first-order chi connectivity index (χ1) is 8.02. The third-order valence-electron chi connectivity index (χ3n) is 2.35. The molecule has 98 valence electrons. The summed E-state index contributed by atoms with van der Waals surface area (Å²) in [5.41, 5.74) is 0.977. The maximum Gasteiger partial charge on any atom is 0.185 e. The van der Waals surface area contributed by atoms with Crippen molar-refractivity contribution in [2.75, 3.05) is 38.6 Å². The van der Waals surface area contributed by atoms with Crippen molar-refractivity contribution >= 4 is 28.1 Å². The standard InChI is InChI=1S/C12H22ClN3S/c1-10(2)8-16(6-5-15(3)4)12-14-11(7-13)9-17-12/h9-10H,5-8H2,1-4H3. The van der Waals surface area contributed by atoms with Gasteiger partial charge in [0, 0.05) is 25.0 Å². The summed E-state index contributed by atoms with van der Waals surface area (Å²) in [4.78, 5) is 9.10. The number of hydrogen-bond donors (Lipinski definition) is 0. The van der Waals surface area contributed by atoms with E-state index in [0.29, 0.717) is 11.8 Å². The minimum Gasteiger partial charge on any atom is -0.347 e. The van der Waals surface area contributed by atoms with Crippen LogP contribution in [0.4, 0.5) is 5.13 Å². The Balaban J connectivity index is 2.67. The van der Waals surface area contributed by atoms with Gasteiger partial charge in [-0.05, 0) is 20.0 Å².